The van der Waals surface area contributed by atoms with Gasteiger partial charge in [-0.1, -0.05) is 13.8 Å². The normalized spacial score (nSPS) is 24.0. The second-order valence-electron chi connectivity index (χ2n) is 6.08. The molecule has 0 spiro atoms. The Morgan fingerprint density at radius 3 is 2.79 bits per heavy atom. The van der Waals surface area contributed by atoms with Crippen molar-refractivity contribution in [1.82, 2.24) is 9.55 Å². The van der Waals surface area contributed by atoms with Crippen LogP contribution in [-0.4, -0.2) is 28.3 Å². The van der Waals surface area contributed by atoms with Gasteiger partial charge in [0.2, 0.25) is 0 Å². The third-order valence-electron chi connectivity index (χ3n) is 3.82. The average molecular weight is 265 g/mol. The number of hydrogen-bond donors (Lipinski definition) is 1. The van der Waals surface area contributed by atoms with E-state index >= 15 is 0 Å². The fraction of sp³-hybridized carbons (Fsp3) is 0.800. The summed E-state index contributed by atoms with van der Waals surface area (Å²) in [6.45, 7) is 6.16. The number of nitrogens with zero attached hydrogens (tertiary/aromatic N) is 2. The molecule has 0 aliphatic heterocycles. The first kappa shape index (κ1) is 14.5. The zero-order valence-corrected chi connectivity index (χ0v) is 12.2. The molecule has 1 heterocycles. The van der Waals surface area contributed by atoms with E-state index in [-0.39, 0.29) is 0 Å². The third-order valence-corrected chi connectivity index (χ3v) is 3.82. The van der Waals surface area contributed by atoms with Gasteiger partial charge in [-0.25, -0.2) is 4.98 Å². The summed E-state index contributed by atoms with van der Waals surface area (Å²) in [6.07, 6.45) is 9.82. The van der Waals surface area contributed by atoms with Gasteiger partial charge in [-0.3, -0.25) is 0 Å². The van der Waals surface area contributed by atoms with E-state index in [0.717, 1.165) is 45.3 Å². The molecule has 1 fully saturated rings. The van der Waals surface area contributed by atoms with Crippen molar-refractivity contribution in [1.29, 1.82) is 0 Å². The topological polar surface area (TPSA) is 53.1 Å². The van der Waals surface area contributed by atoms with Crippen LogP contribution in [0.1, 0.15) is 45.2 Å². The Bertz CT molecular complexity index is 367. The molecule has 1 aliphatic carbocycles. The van der Waals surface area contributed by atoms with Crippen LogP contribution in [0, 0.1) is 5.92 Å². The van der Waals surface area contributed by atoms with Crippen molar-refractivity contribution in [2.75, 3.05) is 6.61 Å². The summed E-state index contributed by atoms with van der Waals surface area (Å²) >= 11 is 0. The van der Waals surface area contributed by atoms with Crippen LogP contribution in [0.5, 0.6) is 0 Å². The van der Waals surface area contributed by atoms with Crippen LogP contribution in [0.4, 0.5) is 0 Å². The van der Waals surface area contributed by atoms with Gasteiger partial charge in [0.05, 0.1) is 19.0 Å². The predicted octanol–water partition coefficient (Wildman–Crippen LogP) is 2.37. The van der Waals surface area contributed by atoms with Gasteiger partial charge >= 0.3 is 0 Å². The molecule has 0 aromatic carbocycles. The molecule has 0 saturated heterocycles. The van der Waals surface area contributed by atoms with Gasteiger partial charge < -0.3 is 15.0 Å². The van der Waals surface area contributed by atoms with E-state index in [4.69, 9.17) is 10.5 Å². The highest BCUT2D eigenvalue weighted by Crippen LogP contribution is 2.19. The summed E-state index contributed by atoms with van der Waals surface area (Å²) in [7, 11) is 0. The van der Waals surface area contributed by atoms with E-state index in [1.165, 1.54) is 5.69 Å². The molecule has 0 unspecified atom stereocenters. The number of nitrogens with two attached hydrogens (primary N) is 1. The Morgan fingerprint density at radius 1 is 1.37 bits per heavy atom. The van der Waals surface area contributed by atoms with Gasteiger partial charge in [0, 0.05) is 24.5 Å². The molecule has 2 N–H and O–H groups in total. The monoisotopic (exact) mass is 265 g/mol. The van der Waals surface area contributed by atoms with E-state index in [1.54, 1.807) is 0 Å². The molecule has 1 aromatic heterocycles. The zero-order chi connectivity index (χ0) is 13.7. The summed E-state index contributed by atoms with van der Waals surface area (Å²) < 4.78 is 8.18. The minimum atomic E-state index is 0.395. The van der Waals surface area contributed by atoms with Crippen LogP contribution in [-0.2, 0) is 17.7 Å². The standard InChI is InChI=1S/C15H27N3O/c1-12(2)9-14-10-17-11-18(14)7-8-19-15-5-3-13(16)4-6-15/h10-13,15H,3-9,16H2,1-2H3. The van der Waals surface area contributed by atoms with E-state index in [1.807, 2.05) is 12.5 Å². The van der Waals surface area contributed by atoms with Crippen LogP contribution in [0.3, 0.4) is 0 Å². The minimum absolute atomic E-state index is 0.395. The lowest BCUT2D eigenvalue weighted by Crippen LogP contribution is -2.30. The maximum absolute atomic E-state index is 5.96. The highest BCUT2D eigenvalue weighted by Gasteiger charge is 2.18. The molecule has 2 rings (SSSR count). The molecule has 0 bridgehead atoms. The minimum Gasteiger partial charge on any atom is -0.376 e. The van der Waals surface area contributed by atoms with Gasteiger partial charge in [-0.2, -0.15) is 0 Å². The Morgan fingerprint density at radius 2 is 2.11 bits per heavy atom. The molecular weight excluding hydrogens is 238 g/mol. The second-order valence-corrected chi connectivity index (χ2v) is 6.08. The lowest BCUT2D eigenvalue weighted by molar-refractivity contribution is 0.0207. The van der Waals surface area contributed by atoms with E-state index in [2.05, 4.69) is 23.4 Å². The van der Waals surface area contributed by atoms with Crippen LogP contribution >= 0.6 is 0 Å². The fourth-order valence-electron chi connectivity index (χ4n) is 2.71. The van der Waals surface area contributed by atoms with Crippen molar-refractivity contribution in [3.05, 3.63) is 18.2 Å². The Balaban J connectivity index is 1.72. The van der Waals surface area contributed by atoms with Gasteiger partial charge in [-0.05, 0) is 38.0 Å². The van der Waals surface area contributed by atoms with Crippen molar-refractivity contribution in [2.24, 2.45) is 11.7 Å². The number of ether oxygens (including phenoxy) is 1. The van der Waals surface area contributed by atoms with Crippen LogP contribution in [0.25, 0.3) is 0 Å². The SMILES string of the molecule is CC(C)Cc1cncn1CCOC1CCC(N)CC1. The van der Waals surface area contributed by atoms with Crippen molar-refractivity contribution >= 4 is 0 Å². The Hall–Kier alpha value is -0.870. The summed E-state index contributed by atoms with van der Waals surface area (Å²) in [5, 5.41) is 0. The summed E-state index contributed by atoms with van der Waals surface area (Å²) in [6, 6.07) is 0.395. The maximum atomic E-state index is 5.96. The molecule has 0 amide bonds. The molecule has 0 atom stereocenters. The van der Waals surface area contributed by atoms with Gasteiger partial charge in [-0.15, -0.1) is 0 Å². The van der Waals surface area contributed by atoms with Crippen molar-refractivity contribution < 1.29 is 4.74 Å². The molecule has 19 heavy (non-hydrogen) atoms. The van der Waals surface area contributed by atoms with Crippen LogP contribution in [0.15, 0.2) is 12.5 Å². The number of aromatic nitrogens is 2. The Labute approximate surface area is 116 Å². The van der Waals surface area contributed by atoms with E-state index in [9.17, 15) is 0 Å². The maximum Gasteiger partial charge on any atom is 0.0948 e. The second kappa shape index (κ2) is 7.06. The quantitative estimate of drug-likeness (QED) is 0.859. The summed E-state index contributed by atoms with van der Waals surface area (Å²) in [5.74, 6) is 0.663. The molecule has 1 aliphatic rings. The largest absolute Gasteiger partial charge is 0.376 e. The lowest BCUT2D eigenvalue weighted by atomic mass is 9.94. The average Bonchev–Trinajstić information content (AvgIpc) is 2.78. The molecule has 1 saturated carbocycles. The molecule has 4 heteroatoms. The van der Waals surface area contributed by atoms with E-state index < -0.39 is 0 Å². The van der Waals surface area contributed by atoms with Crippen molar-refractivity contribution in [2.45, 2.75) is 64.6 Å². The smallest absolute Gasteiger partial charge is 0.0948 e. The molecule has 0 radical (unpaired) electrons. The molecule has 108 valence electrons. The van der Waals surface area contributed by atoms with Crippen molar-refractivity contribution in [3.63, 3.8) is 0 Å². The first-order chi connectivity index (χ1) is 9.15. The first-order valence-electron chi connectivity index (χ1n) is 7.51. The Kier molecular flexibility index (Phi) is 5.40. The lowest BCUT2D eigenvalue weighted by Gasteiger charge is -2.26. The predicted molar refractivity (Wildman–Crippen MR) is 77.0 cm³/mol. The molecule has 1 aromatic rings. The number of hydrogen-bond acceptors (Lipinski definition) is 3. The number of imidazole rings is 1. The van der Waals surface area contributed by atoms with Crippen LogP contribution in [0.2, 0.25) is 0 Å². The zero-order valence-electron chi connectivity index (χ0n) is 12.2. The van der Waals surface area contributed by atoms with E-state index in [0.29, 0.717) is 18.1 Å². The molecule has 4 nitrogen and oxygen atoms in total. The van der Waals surface area contributed by atoms with Gasteiger partial charge in [0.25, 0.3) is 0 Å². The van der Waals surface area contributed by atoms with Crippen LogP contribution < -0.4 is 5.73 Å². The molecular formula is C15H27N3O. The third kappa shape index (κ3) is 4.62. The highest BCUT2D eigenvalue weighted by molar-refractivity contribution is 4.99. The summed E-state index contributed by atoms with van der Waals surface area (Å²) in [5.41, 5.74) is 7.21. The van der Waals surface area contributed by atoms with Crippen molar-refractivity contribution in [3.8, 4) is 0 Å². The fourth-order valence-corrected chi connectivity index (χ4v) is 2.71. The highest BCUT2D eigenvalue weighted by atomic mass is 16.5. The van der Waals surface area contributed by atoms with Gasteiger partial charge in [0.1, 0.15) is 0 Å². The summed E-state index contributed by atoms with van der Waals surface area (Å²) in [4.78, 5) is 4.24. The number of rotatable bonds is 6. The van der Waals surface area contributed by atoms with Gasteiger partial charge in [0.15, 0.2) is 0 Å². The first-order valence-corrected chi connectivity index (χ1v) is 7.51.